The van der Waals surface area contributed by atoms with Crippen LogP contribution in [-0.4, -0.2) is 33.2 Å². The number of anilines is 1. The Hall–Kier alpha value is -2.03. The molecule has 1 aliphatic carbocycles. The van der Waals surface area contributed by atoms with E-state index >= 15 is 0 Å². The lowest BCUT2D eigenvalue weighted by Crippen LogP contribution is -2.25. The summed E-state index contributed by atoms with van der Waals surface area (Å²) in [5, 5.41) is 2.76. The molecule has 1 fully saturated rings. The predicted octanol–water partition coefficient (Wildman–Crippen LogP) is 3.26. The third-order valence-corrected chi connectivity index (χ3v) is 6.52. The number of carbonyl (C=O) groups is 1. The normalized spacial score (nSPS) is 14.0. The van der Waals surface area contributed by atoms with Gasteiger partial charge in [0.15, 0.2) is 0 Å². The Kier molecular flexibility index (Phi) is 6.41. The SMILES string of the molecule is COc1ccc(SCCC(=O)Nc2cccc(S(=O)(=O)NC3CC3)c2)cc1. The van der Waals surface area contributed by atoms with Crippen LogP contribution in [0.3, 0.4) is 0 Å². The molecule has 0 saturated heterocycles. The quantitative estimate of drug-likeness (QED) is 0.625. The van der Waals surface area contributed by atoms with Gasteiger partial charge in [-0.2, -0.15) is 0 Å². The van der Waals surface area contributed by atoms with E-state index < -0.39 is 10.0 Å². The van der Waals surface area contributed by atoms with E-state index in [9.17, 15) is 13.2 Å². The topological polar surface area (TPSA) is 84.5 Å². The van der Waals surface area contributed by atoms with Crippen LogP contribution in [0, 0.1) is 0 Å². The number of amides is 1. The first-order chi connectivity index (χ1) is 13.0. The highest BCUT2D eigenvalue weighted by Gasteiger charge is 2.28. The highest BCUT2D eigenvalue weighted by molar-refractivity contribution is 7.99. The van der Waals surface area contributed by atoms with E-state index in [1.807, 2.05) is 24.3 Å². The van der Waals surface area contributed by atoms with Crippen molar-refractivity contribution in [3.8, 4) is 5.75 Å². The summed E-state index contributed by atoms with van der Waals surface area (Å²) in [5.41, 5.74) is 0.480. The van der Waals surface area contributed by atoms with E-state index in [4.69, 9.17) is 4.74 Å². The zero-order valence-corrected chi connectivity index (χ0v) is 16.6. The van der Waals surface area contributed by atoms with Crippen LogP contribution in [0.1, 0.15) is 19.3 Å². The molecule has 8 heteroatoms. The van der Waals surface area contributed by atoms with Crippen LogP contribution in [0.5, 0.6) is 5.75 Å². The number of nitrogens with one attached hydrogen (secondary N) is 2. The first-order valence-corrected chi connectivity index (χ1v) is 11.1. The average Bonchev–Trinajstić information content (AvgIpc) is 3.46. The van der Waals surface area contributed by atoms with Crippen molar-refractivity contribution in [1.82, 2.24) is 4.72 Å². The molecule has 0 radical (unpaired) electrons. The highest BCUT2D eigenvalue weighted by atomic mass is 32.2. The fraction of sp³-hybridized carbons (Fsp3) is 0.316. The zero-order chi connectivity index (χ0) is 19.3. The van der Waals surface area contributed by atoms with Crippen molar-refractivity contribution in [2.24, 2.45) is 0 Å². The van der Waals surface area contributed by atoms with E-state index in [0.29, 0.717) is 17.9 Å². The molecule has 0 aliphatic heterocycles. The molecule has 6 nitrogen and oxygen atoms in total. The second kappa shape index (κ2) is 8.77. The molecule has 0 aromatic heterocycles. The summed E-state index contributed by atoms with van der Waals surface area (Å²) in [6.45, 7) is 0. The van der Waals surface area contributed by atoms with Crippen LogP contribution in [0.4, 0.5) is 5.69 Å². The average molecular weight is 407 g/mol. The molecule has 0 atom stereocenters. The van der Waals surface area contributed by atoms with Crippen LogP contribution in [-0.2, 0) is 14.8 Å². The largest absolute Gasteiger partial charge is 0.497 e. The van der Waals surface area contributed by atoms with E-state index in [1.165, 1.54) is 12.1 Å². The van der Waals surface area contributed by atoms with Crippen LogP contribution < -0.4 is 14.8 Å². The van der Waals surface area contributed by atoms with Gasteiger partial charge < -0.3 is 10.1 Å². The number of benzene rings is 2. The lowest BCUT2D eigenvalue weighted by atomic mass is 10.3. The first kappa shape index (κ1) is 19.7. The van der Waals surface area contributed by atoms with E-state index in [-0.39, 0.29) is 16.8 Å². The summed E-state index contributed by atoms with van der Waals surface area (Å²) in [6.07, 6.45) is 2.08. The Labute approximate surface area is 163 Å². The Morgan fingerprint density at radius 1 is 1.19 bits per heavy atom. The minimum atomic E-state index is -3.53. The van der Waals surface area contributed by atoms with Crippen molar-refractivity contribution in [2.75, 3.05) is 18.2 Å². The van der Waals surface area contributed by atoms with Crippen molar-refractivity contribution in [3.63, 3.8) is 0 Å². The molecule has 0 heterocycles. The van der Waals surface area contributed by atoms with Gasteiger partial charge in [-0.15, -0.1) is 11.8 Å². The first-order valence-electron chi connectivity index (χ1n) is 8.65. The number of hydrogen-bond acceptors (Lipinski definition) is 5. The minimum Gasteiger partial charge on any atom is -0.497 e. The number of ether oxygens (including phenoxy) is 1. The van der Waals surface area contributed by atoms with Gasteiger partial charge >= 0.3 is 0 Å². The monoisotopic (exact) mass is 406 g/mol. The minimum absolute atomic E-state index is 0.0447. The molecule has 27 heavy (non-hydrogen) atoms. The lowest BCUT2D eigenvalue weighted by molar-refractivity contribution is -0.115. The maximum Gasteiger partial charge on any atom is 0.240 e. The molecule has 2 aromatic carbocycles. The fourth-order valence-corrected chi connectivity index (χ4v) is 4.59. The van der Waals surface area contributed by atoms with Crippen LogP contribution in [0.25, 0.3) is 0 Å². The standard InChI is InChI=1S/C19H22N2O4S2/c1-25-16-7-9-17(10-8-16)26-12-11-19(22)20-15-3-2-4-18(13-15)27(23,24)21-14-5-6-14/h2-4,7-10,13-14,21H,5-6,11-12H2,1H3,(H,20,22). The van der Waals surface area contributed by atoms with Crippen molar-refractivity contribution in [1.29, 1.82) is 0 Å². The Balaban J connectivity index is 1.50. The summed E-state index contributed by atoms with van der Waals surface area (Å²) in [6, 6.07) is 14.0. The molecule has 1 saturated carbocycles. The van der Waals surface area contributed by atoms with Gasteiger partial charge in [-0.05, 0) is 55.3 Å². The molecule has 2 N–H and O–H groups in total. The van der Waals surface area contributed by atoms with Gasteiger partial charge in [0.1, 0.15) is 5.75 Å². The van der Waals surface area contributed by atoms with Gasteiger partial charge in [-0.25, -0.2) is 13.1 Å². The molecule has 2 aromatic rings. The third-order valence-electron chi connectivity index (χ3n) is 3.98. The van der Waals surface area contributed by atoms with Gasteiger partial charge in [0, 0.05) is 28.8 Å². The predicted molar refractivity (Wildman–Crippen MR) is 107 cm³/mol. The molecule has 144 valence electrons. The van der Waals surface area contributed by atoms with Crippen LogP contribution >= 0.6 is 11.8 Å². The highest BCUT2D eigenvalue weighted by Crippen LogP contribution is 2.24. The summed E-state index contributed by atoms with van der Waals surface area (Å²) in [4.78, 5) is 13.4. The third kappa shape index (κ3) is 5.98. The zero-order valence-electron chi connectivity index (χ0n) is 15.0. The summed E-state index contributed by atoms with van der Waals surface area (Å²) < 4.78 is 32.3. The van der Waals surface area contributed by atoms with Crippen molar-refractivity contribution < 1.29 is 17.9 Å². The molecule has 0 unspecified atom stereocenters. The van der Waals surface area contributed by atoms with Crippen molar-refractivity contribution >= 4 is 33.4 Å². The summed E-state index contributed by atoms with van der Waals surface area (Å²) in [5.74, 6) is 1.27. The fourth-order valence-electron chi connectivity index (χ4n) is 2.39. The number of hydrogen-bond donors (Lipinski definition) is 2. The number of carbonyl (C=O) groups excluding carboxylic acids is 1. The molecular formula is C19H22N2O4S2. The molecule has 0 spiro atoms. The summed E-state index contributed by atoms with van der Waals surface area (Å²) in [7, 11) is -1.91. The molecule has 1 amide bonds. The second-order valence-electron chi connectivity index (χ2n) is 6.25. The summed E-state index contributed by atoms with van der Waals surface area (Å²) >= 11 is 1.58. The maximum atomic E-state index is 12.3. The van der Waals surface area contributed by atoms with Crippen molar-refractivity contribution in [2.45, 2.75) is 35.1 Å². The molecular weight excluding hydrogens is 384 g/mol. The van der Waals surface area contributed by atoms with Gasteiger partial charge in [-0.3, -0.25) is 4.79 Å². The van der Waals surface area contributed by atoms with E-state index in [1.54, 1.807) is 31.0 Å². The Bertz CT molecular complexity index is 894. The van der Waals surface area contributed by atoms with E-state index in [2.05, 4.69) is 10.0 Å². The van der Waals surface area contributed by atoms with Crippen LogP contribution in [0.2, 0.25) is 0 Å². The number of sulfonamides is 1. The van der Waals surface area contributed by atoms with Gasteiger partial charge in [0.05, 0.1) is 12.0 Å². The second-order valence-corrected chi connectivity index (χ2v) is 9.13. The van der Waals surface area contributed by atoms with Crippen LogP contribution in [0.15, 0.2) is 58.3 Å². The number of thioether (sulfide) groups is 1. The number of rotatable bonds is 9. The number of methoxy groups -OCH3 is 1. The molecule has 1 aliphatic rings. The van der Waals surface area contributed by atoms with Gasteiger partial charge in [-0.1, -0.05) is 6.07 Å². The Morgan fingerprint density at radius 2 is 1.93 bits per heavy atom. The maximum absolute atomic E-state index is 12.3. The Morgan fingerprint density at radius 3 is 2.59 bits per heavy atom. The smallest absolute Gasteiger partial charge is 0.240 e. The van der Waals surface area contributed by atoms with Gasteiger partial charge in [0.25, 0.3) is 0 Å². The molecule has 3 rings (SSSR count). The molecule has 0 bridgehead atoms. The van der Waals surface area contributed by atoms with Crippen molar-refractivity contribution in [3.05, 3.63) is 48.5 Å². The van der Waals surface area contributed by atoms with E-state index in [0.717, 1.165) is 23.5 Å². The van der Waals surface area contributed by atoms with Gasteiger partial charge in [0.2, 0.25) is 15.9 Å². The lowest BCUT2D eigenvalue weighted by Gasteiger charge is -2.09.